The zero-order valence-corrected chi connectivity index (χ0v) is 16.6. The molecule has 1 aliphatic rings. The van der Waals surface area contributed by atoms with Gasteiger partial charge in [0.05, 0.1) is 18.8 Å². The monoisotopic (exact) mass is 412 g/mol. The number of rotatable bonds is 10. The molecule has 0 aromatic heterocycles. The summed E-state index contributed by atoms with van der Waals surface area (Å²) < 4.78 is 57.0. The van der Waals surface area contributed by atoms with Crippen LogP contribution in [0.3, 0.4) is 0 Å². The minimum absolute atomic E-state index is 0. The maximum atomic E-state index is 13.6. The molecule has 10 heteroatoms. The quantitative estimate of drug-likeness (QED) is 0.564. The normalized spacial score (nSPS) is 20.0. The van der Waals surface area contributed by atoms with Crippen LogP contribution < -0.4 is 14.8 Å². The van der Waals surface area contributed by atoms with E-state index in [2.05, 4.69) is 10.0 Å². The van der Waals surface area contributed by atoms with Crippen LogP contribution in [0.15, 0.2) is 23.1 Å². The fourth-order valence-corrected chi connectivity index (χ4v) is 4.11. The molecule has 0 saturated carbocycles. The SMILES string of the molecule is COCCOc1ccc(F)cc1S(=O)(=O)NCC1(COC)CCCN1.Cl. The van der Waals surface area contributed by atoms with E-state index in [4.69, 9.17) is 14.2 Å². The number of halogens is 2. The molecule has 0 spiro atoms. The summed E-state index contributed by atoms with van der Waals surface area (Å²) in [6.07, 6.45) is 1.74. The molecule has 0 amide bonds. The van der Waals surface area contributed by atoms with Gasteiger partial charge >= 0.3 is 0 Å². The number of ether oxygens (including phenoxy) is 3. The minimum Gasteiger partial charge on any atom is -0.490 e. The molecule has 2 rings (SSSR count). The van der Waals surface area contributed by atoms with E-state index in [-0.39, 0.29) is 36.2 Å². The predicted octanol–water partition coefficient (Wildman–Crippen LogP) is 1.32. The lowest BCUT2D eigenvalue weighted by molar-refractivity contribution is 0.122. The molecule has 1 fully saturated rings. The van der Waals surface area contributed by atoms with Crippen molar-refractivity contribution in [1.29, 1.82) is 0 Å². The van der Waals surface area contributed by atoms with Gasteiger partial charge in [-0.2, -0.15) is 0 Å². The van der Waals surface area contributed by atoms with Crippen LogP contribution in [-0.4, -0.2) is 61.1 Å². The molecule has 1 aromatic carbocycles. The number of methoxy groups -OCH3 is 2. The summed E-state index contributed by atoms with van der Waals surface area (Å²) in [4.78, 5) is -0.228. The summed E-state index contributed by atoms with van der Waals surface area (Å²) in [5.74, 6) is -0.559. The molecule has 1 aromatic rings. The van der Waals surface area contributed by atoms with E-state index < -0.39 is 21.4 Å². The first kappa shape index (κ1) is 23.1. The van der Waals surface area contributed by atoms with Gasteiger partial charge in [-0.1, -0.05) is 0 Å². The summed E-state index contributed by atoms with van der Waals surface area (Å²) >= 11 is 0. The third kappa shape index (κ3) is 6.04. The number of hydrogen-bond acceptors (Lipinski definition) is 6. The Morgan fingerprint density at radius 1 is 1.27 bits per heavy atom. The average molecular weight is 413 g/mol. The highest BCUT2D eigenvalue weighted by atomic mass is 35.5. The lowest BCUT2D eigenvalue weighted by atomic mass is 9.99. The summed E-state index contributed by atoms with van der Waals surface area (Å²) in [6, 6.07) is 3.42. The molecule has 26 heavy (non-hydrogen) atoms. The van der Waals surface area contributed by atoms with Gasteiger partial charge in [-0.25, -0.2) is 17.5 Å². The molecule has 1 saturated heterocycles. The van der Waals surface area contributed by atoms with Gasteiger partial charge in [-0.05, 0) is 37.6 Å². The number of benzene rings is 1. The Labute approximate surface area is 160 Å². The van der Waals surface area contributed by atoms with Crippen molar-refractivity contribution in [3.63, 3.8) is 0 Å². The standard InChI is InChI=1S/C16H25FN2O5S.ClH/c1-22-8-9-24-14-5-4-13(17)10-15(14)25(20,21)19-11-16(12-23-2)6-3-7-18-16;/h4-5,10,18-19H,3,6-9,11-12H2,1-2H3;1H. The molecule has 0 bridgehead atoms. The van der Waals surface area contributed by atoms with E-state index in [1.54, 1.807) is 7.11 Å². The van der Waals surface area contributed by atoms with Crippen molar-refractivity contribution in [2.75, 3.05) is 47.1 Å². The number of hydrogen-bond donors (Lipinski definition) is 2. The van der Waals surface area contributed by atoms with Crippen LogP contribution >= 0.6 is 12.4 Å². The van der Waals surface area contributed by atoms with Gasteiger partial charge in [-0.15, -0.1) is 12.4 Å². The maximum absolute atomic E-state index is 13.6. The summed E-state index contributed by atoms with van der Waals surface area (Å²) in [5.41, 5.74) is -0.452. The highest BCUT2D eigenvalue weighted by Gasteiger charge is 2.35. The number of sulfonamides is 1. The van der Waals surface area contributed by atoms with Gasteiger partial charge in [-0.3, -0.25) is 0 Å². The Morgan fingerprint density at radius 3 is 2.65 bits per heavy atom. The minimum atomic E-state index is -3.95. The van der Waals surface area contributed by atoms with Gasteiger partial charge in [0.25, 0.3) is 0 Å². The lowest BCUT2D eigenvalue weighted by Gasteiger charge is -2.29. The summed E-state index contributed by atoms with van der Waals surface area (Å²) in [7, 11) is -0.861. The van der Waals surface area contributed by atoms with Crippen LogP contribution in [0.25, 0.3) is 0 Å². The van der Waals surface area contributed by atoms with E-state index in [9.17, 15) is 12.8 Å². The van der Waals surface area contributed by atoms with Gasteiger partial charge in [0.1, 0.15) is 23.1 Å². The Bertz CT molecular complexity index is 669. The van der Waals surface area contributed by atoms with Crippen LogP contribution in [-0.2, 0) is 19.5 Å². The molecule has 1 unspecified atom stereocenters. The second-order valence-electron chi connectivity index (χ2n) is 6.00. The van der Waals surface area contributed by atoms with Gasteiger partial charge in [0.2, 0.25) is 10.0 Å². The molecule has 2 N–H and O–H groups in total. The van der Waals surface area contributed by atoms with Crippen molar-refractivity contribution < 1.29 is 27.0 Å². The predicted molar refractivity (Wildman–Crippen MR) is 98.1 cm³/mol. The second-order valence-corrected chi connectivity index (χ2v) is 7.74. The second kappa shape index (κ2) is 10.4. The zero-order chi connectivity index (χ0) is 18.3. The van der Waals surface area contributed by atoms with Crippen LogP contribution in [0.4, 0.5) is 4.39 Å². The third-order valence-electron chi connectivity index (χ3n) is 4.09. The average Bonchev–Trinajstić information content (AvgIpc) is 3.04. The Kier molecular flexibility index (Phi) is 9.22. The van der Waals surface area contributed by atoms with Crippen LogP contribution in [0, 0.1) is 5.82 Å². The Balaban J connectivity index is 0.00000338. The van der Waals surface area contributed by atoms with E-state index in [0.717, 1.165) is 31.5 Å². The van der Waals surface area contributed by atoms with Gasteiger partial charge < -0.3 is 19.5 Å². The van der Waals surface area contributed by atoms with Crippen molar-refractivity contribution in [2.24, 2.45) is 0 Å². The molecule has 150 valence electrons. The first-order valence-corrected chi connectivity index (χ1v) is 9.56. The smallest absolute Gasteiger partial charge is 0.244 e. The van der Waals surface area contributed by atoms with Crippen LogP contribution in [0.2, 0.25) is 0 Å². The molecule has 1 aliphatic heterocycles. The van der Waals surface area contributed by atoms with Crippen molar-refractivity contribution >= 4 is 22.4 Å². The Morgan fingerprint density at radius 2 is 2.04 bits per heavy atom. The van der Waals surface area contributed by atoms with Crippen LogP contribution in [0.5, 0.6) is 5.75 Å². The van der Waals surface area contributed by atoms with Crippen molar-refractivity contribution in [2.45, 2.75) is 23.3 Å². The molecular formula is C16H26ClFN2O5S. The van der Waals surface area contributed by atoms with E-state index in [1.807, 2.05) is 0 Å². The van der Waals surface area contributed by atoms with Crippen molar-refractivity contribution in [3.8, 4) is 5.75 Å². The largest absolute Gasteiger partial charge is 0.490 e. The lowest BCUT2D eigenvalue weighted by Crippen LogP contribution is -2.52. The first-order chi connectivity index (χ1) is 11.9. The first-order valence-electron chi connectivity index (χ1n) is 8.07. The molecule has 0 aliphatic carbocycles. The summed E-state index contributed by atoms with van der Waals surface area (Å²) in [5, 5.41) is 3.29. The Hall–Kier alpha value is -0.970. The molecule has 0 radical (unpaired) electrons. The van der Waals surface area contributed by atoms with Crippen molar-refractivity contribution in [1.82, 2.24) is 10.0 Å². The highest BCUT2D eigenvalue weighted by Crippen LogP contribution is 2.26. The van der Waals surface area contributed by atoms with Gasteiger partial charge in [0, 0.05) is 20.8 Å². The molecule has 1 atom stereocenters. The summed E-state index contributed by atoms with van der Waals surface area (Å²) in [6.45, 7) is 1.80. The maximum Gasteiger partial charge on any atom is 0.244 e. The zero-order valence-electron chi connectivity index (χ0n) is 14.9. The van der Waals surface area contributed by atoms with Gasteiger partial charge in [0.15, 0.2) is 0 Å². The fourth-order valence-electron chi connectivity index (χ4n) is 2.83. The molecular weight excluding hydrogens is 387 g/mol. The number of nitrogens with one attached hydrogen (secondary N) is 2. The third-order valence-corrected chi connectivity index (χ3v) is 5.52. The van der Waals surface area contributed by atoms with E-state index in [0.29, 0.717) is 13.2 Å². The van der Waals surface area contributed by atoms with Crippen molar-refractivity contribution in [3.05, 3.63) is 24.0 Å². The van der Waals surface area contributed by atoms with Crippen LogP contribution in [0.1, 0.15) is 12.8 Å². The fraction of sp³-hybridized carbons (Fsp3) is 0.625. The van der Waals surface area contributed by atoms with E-state index >= 15 is 0 Å². The molecule has 1 heterocycles. The highest BCUT2D eigenvalue weighted by molar-refractivity contribution is 7.89. The topological polar surface area (TPSA) is 85.9 Å². The van der Waals surface area contributed by atoms with E-state index in [1.165, 1.54) is 13.2 Å². The molecule has 7 nitrogen and oxygen atoms in total.